The molecule has 0 saturated carbocycles. The summed E-state index contributed by atoms with van der Waals surface area (Å²) in [5.41, 5.74) is 0. The molecule has 1 atom stereocenters. The van der Waals surface area contributed by atoms with Gasteiger partial charge in [-0.3, -0.25) is 4.79 Å². The lowest BCUT2D eigenvalue weighted by Crippen LogP contribution is -2.07. The third-order valence-corrected chi connectivity index (χ3v) is 1.54. The minimum atomic E-state index is 0.228. The first kappa shape index (κ1) is 6.27. The van der Waals surface area contributed by atoms with E-state index in [1.807, 2.05) is 12.2 Å². The molecule has 48 valence electrons. The molecule has 0 aromatic rings. The third-order valence-electron chi connectivity index (χ3n) is 1.54. The van der Waals surface area contributed by atoms with Gasteiger partial charge < -0.3 is 0 Å². The smallest absolute Gasteiger partial charge is 0.155 e. The van der Waals surface area contributed by atoms with Crippen LogP contribution >= 0.6 is 0 Å². The van der Waals surface area contributed by atoms with Gasteiger partial charge in [0.25, 0.3) is 0 Å². The summed E-state index contributed by atoms with van der Waals surface area (Å²) in [5.74, 6) is 0.619. The average Bonchev–Trinajstić information content (AvgIpc) is 1.88. The van der Waals surface area contributed by atoms with Crippen molar-refractivity contribution in [3.63, 3.8) is 0 Å². The molecule has 0 radical (unpaired) electrons. The zero-order valence-corrected chi connectivity index (χ0v) is 5.34. The Hall–Kier alpha value is -0.850. The number of allylic oxidation sites excluding steroid dienone is 3. The molecule has 0 bridgehead atoms. The molecule has 0 unspecified atom stereocenters. The highest BCUT2D eigenvalue weighted by atomic mass is 16.1. The van der Waals surface area contributed by atoms with Gasteiger partial charge in [0.2, 0.25) is 0 Å². The molecule has 0 aliphatic heterocycles. The van der Waals surface area contributed by atoms with Gasteiger partial charge in [0.15, 0.2) is 5.78 Å². The van der Waals surface area contributed by atoms with Crippen molar-refractivity contribution in [2.45, 2.75) is 12.8 Å². The van der Waals surface area contributed by atoms with E-state index in [2.05, 4.69) is 6.58 Å². The molecule has 0 heterocycles. The molecule has 1 aliphatic rings. The zero-order chi connectivity index (χ0) is 6.69. The summed E-state index contributed by atoms with van der Waals surface area (Å²) in [6.07, 6.45) is 7.05. The minimum Gasteiger partial charge on any atom is -0.295 e. The molecule has 1 aliphatic carbocycles. The Labute approximate surface area is 55.1 Å². The first-order valence-electron chi connectivity index (χ1n) is 3.15. The predicted octanol–water partition coefficient (Wildman–Crippen LogP) is 1.71. The van der Waals surface area contributed by atoms with Gasteiger partial charge in [-0.1, -0.05) is 12.2 Å². The van der Waals surface area contributed by atoms with Crippen LogP contribution in [0.25, 0.3) is 0 Å². The Morgan fingerprint density at radius 2 is 2.56 bits per heavy atom. The van der Waals surface area contributed by atoms with Crippen molar-refractivity contribution in [2.24, 2.45) is 5.92 Å². The van der Waals surface area contributed by atoms with Crippen LogP contribution in [-0.4, -0.2) is 5.78 Å². The van der Waals surface area contributed by atoms with Crippen molar-refractivity contribution in [3.8, 4) is 0 Å². The summed E-state index contributed by atoms with van der Waals surface area (Å²) in [5, 5.41) is 0. The number of rotatable bonds is 1. The van der Waals surface area contributed by atoms with Gasteiger partial charge in [-0.05, 0) is 18.4 Å². The summed E-state index contributed by atoms with van der Waals surface area (Å²) >= 11 is 0. The lowest BCUT2D eigenvalue weighted by Gasteiger charge is -2.10. The summed E-state index contributed by atoms with van der Waals surface area (Å²) in [6.45, 7) is 3.63. The SMILES string of the molecule is C=C[C@H]1CC=CC(=O)C1. The Morgan fingerprint density at radius 1 is 1.78 bits per heavy atom. The second kappa shape index (κ2) is 2.62. The maximum atomic E-state index is 10.7. The largest absolute Gasteiger partial charge is 0.295 e. The maximum Gasteiger partial charge on any atom is 0.155 e. The van der Waals surface area contributed by atoms with Crippen molar-refractivity contribution in [1.82, 2.24) is 0 Å². The third kappa shape index (κ3) is 1.53. The van der Waals surface area contributed by atoms with Crippen LogP contribution in [0.4, 0.5) is 0 Å². The molecule has 0 amide bonds. The van der Waals surface area contributed by atoms with E-state index in [4.69, 9.17) is 0 Å². The fraction of sp³-hybridized carbons (Fsp3) is 0.375. The van der Waals surface area contributed by atoms with Crippen molar-refractivity contribution in [3.05, 3.63) is 24.8 Å². The highest BCUT2D eigenvalue weighted by molar-refractivity contribution is 5.90. The van der Waals surface area contributed by atoms with Gasteiger partial charge in [-0.25, -0.2) is 0 Å². The fourth-order valence-electron chi connectivity index (χ4n) is 0.964. The Morgan fingerprint density at radius 3 is 3.00 bits per heavy atom. The quantitative estimate of drug-likeness (QED) is 0.484. The van der Waals surface area contributed by atoms with Crippen molar-refractivity contribution in [2.75, 3.05) is 0 Å². The van der Waals surface area contributed by atoms with Gasteiger partial charge in [0.1, 0.15) is 0 Å². The summed E-state index contributed by atoms with van der Waals surface area (Å²) in [7, 11) is 0. The predicted molar refractivity (Wildman–Crippen MR) is 37.1 cm³/mol. The van der Waals surface area contributed by atoms with E-state index in [1.54, 1.807) is 6.08 Å². The first-order valence-corrected chi connectivity index (χ1v) is 3.15. The van der Waals surface area contributed by atoms with Crippen LogP contribution in [0, 0.1) is 5.92 Å². The lowest BCUT2D eigenvalue weighted by atomic mass is 9.94. The zero-order valence-electron chi connectivity index (χ0n) is 5.34. The van der Waals surface area contributed by atoms with E-state index in [0.29, 0.717) is 12.3 Å². The Kier molecular flexibility index (Phi) is 1.83. The van der Waals surface area contributed by atoms with Gasteiger partial charge in [0, 0.05) is 6.42 Å². The Bertz CT molecular complexity index is 156. The molecule has 9 heavy (non-hydrogen) atoms. The molecule has 0 aromatic heterocycles. The van der Waals surface area contributed by atoms with Crippen molar-refractivity contribution < 1.29 is 4.79 Å². The molecule has 0 N–H and O–H groups in total. The monoisotopic (exact) mass is 122 g/mol. The molecule has 0 spiro atoms. The van der Waals surface area contributed by atoms with Crippen LogP contribution in [0.2, 0.25) is 0 Å². The summed E-state index contributed by atoms with van der Waals surface area (Å²) in [6, 6.07) is 0. The first-order chi connectivity index (χ1) is 4.33. The number of hydrogen-bond acceptors (Lipinski definition) is 1. The van der Waals surface area contributed by atoms with Gasteiger partial charge in [0.05, 0.1) is 0 Å². The number of carbonyl (C=O) groups is 1. The molecule has 0 saturated heterocycles. The normalized spacial score (nSPS) is 26.2. The minimum absolute atomic E-state index is 0.228. The van der Waals surface area contributed by atoms with Crippen LogP contribution in [0.1, 0.15) is 12.8 Å². The summed E-state index contributed by atoms with van der Waals surface area (Å²) in [4.78, 5) is 10.7. The number of ketones is 1. The van der Waals surface area contributed by atoms with Crippen LogP contribution in [-0.2, 0) is 4.79 Å². The van der Waals surface area contributed by atoms with Gasteiger partial charge in [-0.2, -0.15) is 0 Å². The van der Waals surface area contributed by atoms with E-state index in [0.717, 1.165) is 6.42 Å². The molecular weight excluding hydrogens is 112 g/mol. The summed E-state index contributed by atoms with van der Waals surface area (Å²) < 4.78 is 0. The number of carbonyl (C=O) groups excluding carboxylic acids is 1. The van der Waals surface area contributed by atoms with Crippen LogP contribution < -0.4 is 0 Å². The Balaban J connectivity index is 2.56. The van der Waals surface area contributed by atoms with Crippen molar-refractivity contribution in [1.29, 1.82) is 0 Å². The molecular formula is C8H10O. The van der Waals surface area contributed by atoms with E-state index in [9.17, 15) is 4.79 Å². The molecule has 0 aromatic carbocycles. The van der Waals surface area contributed by atoms with Gasteiger partial charge in [-0.15, -0.1) is 6.58 Å². The van der Waals surface area contributed by atoms with E-state index < -0.39 is 0 Å². The second-order valence-electron chi connectivity index (χ2n) is 2.30. The number of hydrogen-bond donors (Lipinski definition) is 0. The fourth-order valence-corrected chi connectivity index (χ4v) is 0.964. The molecule has 1 heteroatoms. The molecule has 1 rings (SSSR count). The second-order valence-corrected chi connectivity index (χ2v) is 2.30. The van der Waals surface area contributed by atoms with E-state index >= 15 is 0 Å². The van der Waals surface area contributed by atoms with E-state index in [-0.39, 0.29) is 5.78 Å². The maximum absolute atomic E-state index is 10.7. The van der Waals surface area contributed by atoms with Crippen molar-refractivity contribution >= 4 is 5.78 Å². The molecule has 1 nitrogen and oxygen atoms in total. The van der Waals surface area contributed by atoms with Crippen LogP contribution in [0.3, 0.4) is 0 Å². The van der Waals surface area contributed by atoms with Crippen LogP contribution in [0.15, 0.2) is 24.8 Å². The standard InChI is InChI=1S/C8H10O/c1-2-7-4-3-5-8(9)6-7/h2-3,5,7H,1,4,6H2/t7-/m0/s1. The average molecular weight is 122 g/mol. The highest BCUT2D eigenvalue weighted by Crippen LogP contribution is 2.15. The van der Waals surface area contributed by atoms with E-state index in [1.165, 1.54) is 0 Å². The van der Waals surface area contributed by atoms with Crippen LogP contribution in [0.5, 0.6) is 0 Å². The highest BCUT2D eigenvalue weighted by Gasteiger charge is 2.10. The molecule has 0 fully saturated rings. The topological polar surface area (TPSA) is 17.1 Å². The van der Waals surface area contributed by atoms with Gasteiger partial charge >= 0.3 is 0 Å². The lowest BCUT2D eigenvalue weighted by molar-refractivity contribution is -0.115.